The lowest BCUT2D eigenvalue weighted by atomic mass is 10.0. The molecule has 0 bridgehead atoms. The van der Waals surface area contributed by atoms with Crippen LogP contribution in [0.4, 0.5) is 0 Å². The van der Waals surface area contributed by atoms with Gasteiger partial charge in [0.2, 0.25) is 0 Å². The fraction of sp³-hybridized carbons (Fsp3) is 0.818. The molecule has 0 aliphatic heterocycles. The van der Waals surface area contributed by atoms with Crippen LogP contribution in [0.5, 0.6) is 0 Å². The summed E-state index contributed by atoms with van der Waals surface area (Å²) in [7, 11) is -4.38. The molecule has 0 rings (SSSR count). The number of rotatable bonds is 51. The van der Waals surface area contributed by atoms with Crippen molar-refractivity contribution in [3.8, 4) is 0 Å². The number of carbonyl (C=O) groups is 2. The molecule has 0 saturated carbocycles. The van der Waals surface area contributed by atoms with E-state index in [9.17, 15) is 19.0 Å². The van der Waals surface area contributed by atoms with Gasteiger partial charge in [0, 0.05) is 19.4 Å². The van der Waals surface area contributed by atoms with E-state index in [0.29, 0.717) is 6.42 Å². The Morgan fingerprint density at radius 3 is 1.20 bits per heavy atom. The predicted molar refractivity (Wildman–Crippen MR) is 275 cm³/mol. The molecule has 0 fully saturated rings. The quantitative estimate of drug-likeness (QED) is 0.0265. The molecule has 0 aliphatic carbocycles. The number of phosphoric ester groups is 1. The van der Waals surface area contributed by atoms with Gasteiger partial charge in [0.05, 0.1) is 13.2 Å². The van der Waals surface area contributed by atoms with Crippen LogP contribution < -0.4 is 5.73 Å². The van der Waals surface area contributed by atoms with E-state index in [2.05, 4.69) is 62.5 Å². The normalized spacial score (nSPS) is 13.5. The maximum atomic E-state index is 12.7. The minimum atomic E-state index is -4.38. The molecule has 0 aromatic carbocycles. The molecule has 0 radical (unpaired) electrons. The summed E-state index contributed by atoms with van der Waals surface area (Å²) in [5.74, 6) is -0.832. The lowest BCUT2D eigenvalue weighted by Crippen LogP contribution is -2.29. The molecular weight excluding hydrogens is 834 g/mol. The van der Waals surface area contributed by atoms with Gasteiger partial charge in [-0.05, 0) is 77.0 Å². The lowest BCUT2D eigenvalue weighted by Gasteiger charge is -2.19. The SMILES string of the molecule is CCCCCCC/C=C\C/C=C\C/C=C\CCCCCCCCCCCCCCCCC(=O)OC(COC(=O)CCCCCCC/C=C\CCCCCCCC)COP(=O)(O)OCCN. The zero-order chi connectivity index (χ0) is 47.4. The number of nitrogens with two attached hydrogens (primary N) is 1. The van der Waals surface area contributed by atoms with Crippen molar-refractivity contribution in [2.45, 2.75) is 264 Å². The van der Waals surface area contributed by atoms with Gasteiger partial charge < -0.3 is 20.1 Å². The van der Waals surface area contributed by atoms with Crippen LogP contribution in [0.1, 0.15) is 258 Å². The Balaban J connectivity index is 3.96. The van der Waals surface area contributed by atoms with Crippen LogP contribution in [-0.2, 0) is 32.7 Å². The van der Waals surface area contributed by atoms with Crippen LogP contribution in [0.15, 0.2) is 48.6 Å². The molecule has 0 heterocycles. The van der Waals surface area contributed by atoms with Crippen LogP contribution in [0.25, 0.3) is 0 Å². The molecule has 2 atom stereocenters. The van der Waals surface area contributed by atoms with Crippen molar-refractivity contribution in [1.29, 1.82) is 0 Å². The number of esters is 2. The highest BCUT2D eigenvalue weighted by Gasteiger charge is 2.26. The van der Waals surface area contributed by atoms with Crippen molar-refractivity contribution in [1.82, 2.24) is 0 Å². The summed E-state index contributed by atoms with van der Waals surface area (Å²) in [6.45, 7) is 3.73. The maximum absolute atomic E-state index is 12.7. The topological polar surface area (TPSA) is 134 Å². The first kappa shape index (κ1) is 63.0. The Morgan fingerprint density at radius 1 is 0.462 bits per heavy atom. The molecule has 380 valence electrons. The van der Waals surface area contributed by atoms with Gasteiger partial charge in [0.15, 0.2) is 6.10 Å². The Hall–Kier alpha value is -2.03. The Labute approximate surface area is 400 Å². The van der Waals surface area contributed by atoms with Gasteiger partial charge in [-0.15, -0.1) is 0 Å². The van der Waals surface area contributed by atoms with Gasteiger partial charge in [-0.3, -0.25) is 18.6 Å². The van der Waals surface area contributed by atoms with Gasteiger partial charge >= 0.3 is 19.8 Å². The molecule has 0 aromatic rings. The summed E-state index contributed by atoms with van der Waals surface area (Å²) in [6, 6.07) is 0. The second kappa shape index (κ2) is 51.4. The molecule has 0 amide bonds. The van der Waals surface area contributed by atoms with Gasteiger partial charge in [-0.25, -0.2) is 4.57 Å². The monoisotopic (exact) mass is 936 g/mol. The smallest absolute Gasteiger partial charge is 0.462 e. The third-order valence-corrected chi connectivity index (χ3v) is 12.7. The van der Waals surface area contributed by atoms with Crippen LogP contribution in [0, 0.1) is 0 Å². The Kier molecular flexibility index (Phi) is 49.8. The van der Waals surface area contributed by atoms with Crippen molar-refractivity contribution < 1.29 is 37.6 Å². The third-order valence-electron chi connectivity index (χ3n) is 11.7. The lowest BCUT2D eigenvalue weighted by molar-refractivity contribution is -0.161. The van der Waals surface area contributed by atoms with Crippen molar-refractivity contribution in [3.63, 3.8) is 0 Å². The highest BCUT2D eigenvalue weighted by molar-refractivity contribution is 7.47. The molecule has 0 spiro atoms. The number of unbranched alkanes of at least 4 members (excludes halogenated alkanes) is 30. The van der Waals surface area contributed by atoms with Gasteiger partial charge in [0.25, 0.3) is 0 Å². The number of hydrogen-bond donors (Lipinski definition) is 2. The minimum absolute atomic E-state index is 0.0520. The average Bonchev–Trinajstić information content (AvgIpc) is 3.30. The zero-order valence-corrected chi connectivity index (χ0v) is 43.1. The fourth-order valence-electron chi connectivity index (χ4n) is 7.64. The van der Waals surface area contributed by atoms with E-state index in [0.717, 1.165) is 70.6 Å². The first-order chi connectivity index (χ1) is 31.8. The molecule has 0 aromatic heterocycles. The molecule has 10 heteroatoms. The van der Waals surface area contributed by atoms with Gasteiger partial charge in [-0.2, -0.15) is 0 Å². The van der Waals surface area contributed by atoms with E-state index in [4.69, 9.17) is 24.3 Å². The van der Waals surface area contributed by atoms with E-state index < -0.39 is 26.5 Å². The fourth-order valence-corrected chi connectivity index (χ4v) is 8.40. The third kappa shape index (κ3) is 51.2. The second-order valence-corrected chi connectivity index (χ2v) is 19.5. The number of ether oxygens (including phenoxy) is 2. The van der Waals surface area contributed by atoms with E-state index in [1.165, 1.54) is 154 Å². The highest BCUT2D eigenvalue weighted by atomic mass is 31.2. The van der Waals surface area contributed by atoms with Crippen LogP contribution in [-0.4, -0.2) is 49.3 Å². The van der Waals surface area contributed by atoms with E-state index in [-0.39, 0.29) is 38.6 Å². The van der Waals surface area contributed by atoms with Crippen molar-refractivity contribution in [2.75, 3.05) is 26.4 Å². The number of carbonyl (C=O) groups excluding carboxylic acids is 2. The average molecular weight is 936 g/mol. The summed E-state index contributed by atoms with van der Waals surface area (Å²) in [5, 5.41) is 0. The number of phosphoric acid groups is 1. The van der Waals surface area contributed by atoms with Crippen LogP contribution in [0.3, 0.4) is 0 Å². The van der Waals surface area contributed by atoms with Gasteiger partial charge in [-0.1, -0.05) is 217 Å². The van der Waals surface area contributed by atoms with Crippen molar-refractivity contribution >= 4 is 19.8 Å². The Bertz CT molecular complexity index is 1200. The minimum Gasteiger partial charge on any atom is -0.462 e. The van der Waals surface area contributed by atoms with Crippen molar-refractivity contribution in [3.05, 3.63) is 48.6 Å². The molecule has 0 aliphatic rings. The summed E-state index contributed by atoms with van der Waals surface area (Å²) < 4.78 is 32.9. The molecule has 3 N–H and O–H groups in total. The highest BCUT2D eigenvalue weighted by Crippen LogP contribution is 2.43. The Morgan fingerprint density at radius 2 is 0.800 bits per heavy atom. The molecule has 65 heavy (non-hydrogen) atoms. The summed E-state index contributed by atoms with van der Waals surface area (Å²) >= 11 is 0. The first-order valence-corrected chi connectivity index (χ1v) is 28.6. The summed E-state index contributed by atoms with van der Waals surface area (Å²) in [4.78, 5) is 35.1. The molecule has 9 nitrogen and oxygen atoms in total. The standard InChI is InChI=1S/C55H102NO8P/c1-3-5-7-9-11-13-15-17-19-20-21-22-23-24-25-26-27-28-29-30-31-32-34-36-38-40-42-44-46-48-55(58)64-53(52-63-65(59,60)62-50-49-56)51-61-54(57)47-45-43-41-39-37-35-33-18-16-14-12-10-8-6-4-2/h15,17-18,20-21,23-24,33,53H,3-14,16,19,22,25-32,34-52,56H2,1-2H3,(H,59,60)/b17-15-,21-20-,24-23-,33-18-. The summed E-state index contributed by atoms with van der Waals surface area (Å²) in [5.41, 5.74) is 5.37. The molecule has 2 unspecified atom stereocenters. The summed E-state index contributed by atoms with van der Waals surface area (Å²) in [6.07, 6.45) is 61.6. The molecular formula is C55H102NO8P. The maximum Gasteiger partial charge on any atom is 0.472 e. The second-order valence-electron chi connectivity index (χ2n) is 18.1. The molecule has 0 saturated heterocycles. The largest absolute Gasteiger partial charge is 0.472 e. The zero-order valence-electron chi connectivity index (χ0n) is 42.2. The number of allylic oxidation sites excluding steroid dienone is 8. The first-order valence-electron chi connectivity index (χ1n) is 27.1. The van der Waals surface area contributed by atoms with Gasteiger partial charge in [0.1, 0.15) is 6.61 Å². The van der Waals surface area contributed by atoms with Crippen LogP contribution in [0.2, 0.25) is 0 Å². The predicted octanol–water partition coefficient (Wildman–Crippen LogP) is 16.6. The van der Waals surface area contributed by atoms with E-state index in [1.54, 1.807) is 0 Å². The van der Waals surface area contributed by atoms with Crippen molar-refractivity contribution in [2.24, 2.45) is 5.73 Å². The van der Waals surface area contributed by atoms with E-state index in [1.807, 2.05) is 0 Å². The number of hydrogen-bond acceptors (Lipinski definition) is 8. The van der Waals surface area contributed by atoms with E-state index >= 15 is 0 Å². The van der Waals surface area contributed by atoms with Crippen LogP contribution >= 0.6 is 7.82 Å².